The van der Waals surface area contributed by atoms with Gasteiger partial charge in [-0.25, -0.2) is 0 Å². The van der Waals surface area contributed by atoms with Crippen molar-refractivity contribution in [1.29, 1.82) is 0 Å². The van der Waals surface area contributed by atoms with E-state index >= 15 is 0 Å². The summed E-state index contributed by atoms with van der Waals surface area (Å²) in [4.78, 5) is 2.45. The molecule has 1 atom stereocenters. The molecule has 2 aliphatic heterocycles. The number of likely N-dealkylation sites (tertiary alicyclic amines) is 1. The third-order valence-corrected chi connectivity index (χ3v) is 4.20. The number of hydrogen-bond acceptors (Lipinski definition) is 4. The standard InChI is InChI=1S/C13H27N3O/c1-16-6-2-3-12(7-16)4-5-15-9-13(8-14)10-17-11-13/h12,15H,2-11,14H2,1H3. The molecule has 0 bridgehead atoms. The van der Waals surface area contributed by atoms with Crippen LogP contribution >= 0.6 is 0 Å². The molecule has 2 rings (SSSR count). The first-order valence-corrected chi connectivity index (χ1v) is 6.91. The Morgan fingerprint density at radius 2 is 2.29 bits per heavy atom. The lowest BCUT2D eigenvalue weighted by Crippen LogP contribution is -2.54. The van der Waals surface area contributed by atoms with Gasteiger partial charge in [-0.15, -0.1) is 0 Å². The maximum atomic E-state index is 5.79. The Kier molecular flexibility index (Phi) is 4.79. The fraction of sp³-hybridized carbons (Fsp3) is 1.00. The Hall–Kier alpha value is -0.160. The second-order valence-electron chi connectivity index (χ2n) is 5.93. The lowest BCUT2D eigenvalue weighted by Gasteiger charge is -2.40. The molecule has 2 saturated heterocycles. The average Bonchev–Trinajstić information content (AvgIpc) is 2.27. The van der Waals surface area contributed by atoms with Gasteiger partial charge in [-0.3, -0.25) is 0 Å². The SMILES string of the molecule is CN1CCCC(CCNCC2(CN)COC2)C1. The van der Waals surface area contributed by atoms with Crippen molar-refractivity contribution in [2.45, 2.75) is 19.3 Å². The van der Waals surface area contributed by atoms with Gasteiger partial charge in [0.05, 0.1) is 13.2 Å². The number of nitrogens with zero attached hydrogens (tertiary/aromatic N) is 1. The Bertz CT molecular complexity index is 225. The molecule has 2 aliphatic rings. The fourth-order valence-electron chi connectivity index (χ4n) is 2.85. The van der Waals surface area contributed by atoms with Crippen LogP contribution in [0.4, 0.5) is 0 Å². The molecule has 0 amide bonds. The maximum absolute atomic E-state index is 5.79. The molecule has 0 radical (unpaired) electrons. The Balaban J connectivity index is 1.56. The molecule has 2 fully saturated rings. The number of piperidine rings is 1. The Morgan fingerprint density at radius 3 is 2.88 bits per heavy atom. The van der Waals surface area contributed by atoms with Gasteiger partial charge in [0.15, 0.2) is 0 Å². The fourth-order valence-corrected chi connectivity index (χ4v) is 2.85. The van der Waals surface area contributed by atoms with E-state index in [1.165, 1.54) is 32.4 Å². The summed E-state index contributed by atoms with van der Waals surface area (Å²) in [6.45, 7) is 7.11. The van der Waals surface area contributed by atoms with Crippen molar-refractivity contribution in [2.75, 3.05) is 53.0 Å². The van der Waals surface area contributed by atoms with Crippen LogP contribution < -0.4 is 11.1 Å². The summed E-state index contributed by atoms with van der Waals surface area (Å²) in [5.41, 5.74) is 6.02. The molecule has 100 valence electrons. The number of nitrogens with two attached hydrogens (primary N) is 1. The zero-order valence-electron chi connectivity index (χ0n) is 11.1. The molecule has 17 heavy (non-hydrogen) atoms. The summed E-state index contributed by atoms with van der Waals surface area (Å²) < 4.78 is 5.26. The quantitative estimate of drug-likeness (QED) is 0.656. The Labute approximate surface area is 105 Å². The van der Waals surface area contributed by atoms with Crippen LogP contribution in [0.25, 0.3) is 0 Å². The highest BCUT2D eigenvalue weighted by Crippen LogP contribution is 2.25. The van der Waals surface area contributed by atoms with Gasteiger partial charge in [0, 0.05) is 25.0 Å². The predicted molar refractivity (Wildman–Crippen MR) is 70.0 cm³/mol. The molecule has 3 N–H and O–H groups in total. The molecular weight excluding hydrogens is 214 g/mol. The van der Waals surface area contributed by atoms with E-state index in [1.807, 2.05) is 0 Å². The molecule has 2 heterocycles. The normalized spacial score (nSPS) is 28.9. The third-order valence-electron chi connectivity index (χ3n) is 4.20. The van der Waals surface area contributed by atoms with Crippen molar-refractivity contribution in [3.8, 4) is 0 Å². The van der Waals surface area contributed by atoms with E-state index in [2.05, 4.69) is 17.3 Å². The molecule has 0 aliphatic carbocycles. The Morgan fingerprint density at radius 1 is 1.47 bits per heavy atom. The van der Waals surface area contributed by atoms with E-state index in [1.54, 1.807) is 0 Å². The maximum Gasteiger partial charge on any atom is 0.0569 e. The molecular formula is C13H27N3O. The zero-order chi connectivity index (χ0) is 12.1. The van der Waals surface area contributed by atoms with Crippen molar-refractivity contribution in [3.63, 3.8) is 0 Å². The van der Waals surface area contributed by atoms with Crippen LogP contribution in [0.5, 0.6) is 0 Å². The second kappa shape index (κ2) is 6.14. The molecule has 0 spiro atoms. The summed E-state index contributed by atoms with van der Waals surface area (Å²) in [6, 6.07) is 0. The number of ether oxygens (including phenoxy) is 1. The summed E-state index contributed by atoms with van der Waals surface area (Å²) in [5.74, 6) is 0.882. The molecule has 0 saturated carbocycles. The first-order valence-electron chi connectivity index (χ1n) is 6.91. The van der Waals surface area contributed by atoms with E-state index in [4.69, 9.17) is 10.5 Å². The topological polar surface area (TPSA) is 50.5 Å². The van der Waals surface area contributed by atoms with Gasteiger partial charge in [-0.2, -0.15) is 0 Å². The lowest BCUT2D eigenvalue weighted by molar-refractivity contribution is -0.104. The van der Waals surface area contributed by atoms with Gasteiger partial charge >= 0.3 is 0 Å². The van der Waals surface area contributed by atoms with Crippen LogP contribution in [-0.4, -0.2) is 57.9 Å². The zero-order valence-corrected chi connectivity index (χ0v) is 11.1. The van der Waals surface area contributed by atoms with Crippen molar-refractivity contribution >= 4 is 0 Å². The number of nitrogens with one attached hydrogen (secondary N) is 1. The van der Waals surface area contributed by atoms with Crippen molar-refractivity contribution in [3.05, 3.63) is 0 Å². The number of hydrogen-bond donors (Lipinski definition) is 2. The summed E-state index contributed by atoms with van der Waals surface area (Å²) in [6.07, 6.45) is 4.06. The van der Waals surface area contributed by atoms with Gasteiger partial charge < -0.3 is 20.7 Å². The number of rotatable bonds is 6. The predicted octanol–water partition coefficient (Wildman–Crippen LogP) is 0.283. The van der Waals surface area contributed by atoms with Gasteiger partial charge in [0.1, 0.15) is 0 Å². The summed E-state index contributed by atoms with van der Waals surface area (Å²) in [7, 11) is 2.23. The first-order chi connectivity index (χ1) is 8.24. The molecule has 0 aromatic carbocycles. The highest BCUT2D eigenvalue weighted by Gasteiger charge is 2.36. The smallest absolute Gasteiger partial charge is 0.0569 e. The minimum Gasteiger partial charge on any atom is -0.380 e. The van der Waals surface area contributed by atoms with Crippen LogP contribution in [0.3, 0.4) is 0 Å². The van der Waals surface area contributed by atoms with Crippen LogP contribution in [0.1, 0.15) is 19.3 Å². The first kappa shape index (κ1) is 13.3. The highest BCUT2D eigenvalue weighted by molar-refractivity contribution is 4.88. The van der Waals surface area contributed by atoms with Crippen LogP contribution in [0.15, 0.2) is 0 Å². The highest BCUT2D eigenvalue weighted by atomic mass is 16.5. The minimum atomic E-state index is 0.239. The van der Waals surface area contributed by atoms with Crippen molar-refractivity contribution < 1.29 is 4.74 Å². The molecule has 0 aromatic heterocycles. The molecule has 0 aromatic rings. The summed E-state index contributed by atoms with van der Waals surface area (Å²) >= 11 is 0. The van der Waals surface area contributed by atoms with Gasteiger partial charge in [0.25, 0.3) is 0 Å². The molecule has 4 nitrogen and oxygen atoms in total. The van der Waals surface area contributed by atoms with Crippen LogP contribution in [0.2, 0.25) is 0 Å². The monoisotopic (exact) mass is 241 g/mol. The van der Waals surface area contributed by atoms with E-state index < -0.39 is 0 Å². The second-order valence-corrected chi connectivity index (χ2v) is 5.93. The average molecular weight is 241 g/mol. The van der Waals surface area contributed by atoms with E-state index in [9.17, 15) is 0 Å². The van der Waals surface area contributed by atoms with Crippen LogP contribution in [-0.2, 0) is 4.74 Å². The van der Waals surface area contributed by atoms with E-state index in [0.29, 0.717) is 0 Å². The largest absolute Gasteiger partial charge is 0.380 e. The lowest BCUT2D eigenvalue weighted by atomic mass is 9.86. The minimum absolute atomic E-state index is 0.239. The van der Waals surface area contributed by atoms with E-state index in [-0.39, 0.29) is 5.41 Å². The molecule has 4 heteroatoms. The van der Waals surface area contributed by atoms with E-state index in [0.717, 1.165) is 38.8 Å². The molecule has 1 unspecified atom stereocenters. The van der Waals surface area contributed by atoms with Crippen molar-refractivity contribution in [1.82, 2.24) is 10.2 Å². The third kappa shape index (κ3) is 3.65. The van der Waals surface area contributed by atoms with Crippen molar-refractivity contribution in [2.24, 2.45) is 17.1 Å². The van der Waals surface area contributed by atoms with Gasteiger partial charge in [-0.1, -0.05) is 0 Å². The van der Waals surface area contributed by atoms with Crippen LogP contribution in [0, 0.1) is 11.3 Å². The van der Waals surface area contributed by atoms with Gasteiger partial charge in [-0.05, 0) is 45.3 Å². The van der Waals surface area contributed by atoms with Gasteiger partial charge in [0.2, 0.25) is 0 Å². The summed E-state index contributed by atoms with van der Waals surface area (Å²) in [5, 5.41) is 3.56.